The van der Waals surface area contributed by atoms with Gasteiger partial charge in [-0.3, -0.25) is 9.88 Å². The third-order valence-electron chi connectivity index (χ3n) is 6.21. The molecular formula is C23H30F2N6. The van der Waals surface area contributed by atoms with Crippen LogP contribution in [0.3, 0.4) is 0 Å². The molecule has 0 unspecified atom stereocenters. The molecule has 6 nitrogen and oxygen atoms in total. The number of alkyl halides is 2. The van der Waals surface area contributed by atoms with Gasteiger partial charge in [-0.15, -0.1) is 0 Å². The van der Waals surface area contributed by atoms with E-state index in [9.17, 15) is 8.78 Å². The van der Waals surface area contributed by atoms with E-state index in [2.05, 4.69) is 50.7 Å². The molecule has 3 aliphatic rings. The number of aromatic nitrogens is 1. The molecule has 4 rings (SSSR count). The average molecular weight is 429 g/mol. The lowest BCUT2D eigenvalue weighted by atomic mass is 9.80. The van der Waals surface area contributed by atoms with Crippen LogP contribution in [0.5, 0.6) is 0 Å². The van der Waals surface area contributed by atoms with Gasteiger partial charge in [0.05, 0.1) is 18.1 Å². The number of nitrogens with zero attached hydrogens (tertiary/aromatic N) is 4. The molecule has 166 valence electrons. The standard InChI is InChI=1S/C23H30F2N6/c1-4-18-8-20-21(29-16(18)3)7-17(12-27-20)13-30-5-6-31(14-30)15(2)11-28-22(26)19-9-23(24,25)10-19/h7-8,11-12,19,29H,3-6,9-10,13-14H2,1-2H3,(H2,26,28)/b15-11+. The van der Waals surface area contributed by atoms with Gasteiger partial charge in [-0.05, 0) is 36.6 Å². The van der Waals surface area contributed by atoms with Crippen LogP contribution in [0.15, 0.2) is 47.0 Å². The van der Waals surface area contributed by atoms with Crippen molar-refractivity contribution in [1.29, 1.82) is 0 Å². The van der Waals surface area contributed by atoms with E-state index in [1.165, 1.54) is 5.57 Å². The Labute approximate surface area is 182 Å². The van der Waals surface area contributed by atoms with Crippen LogP contribution in [-0.4, -0.2) is 46.3 Å². The normalized spacial score (nSPS) is 22.1. The highest BCUT2D eigenvalue weighted by atomic mass is 19.3. The molecule has 1 aliphatic carbocycles. The van der Waals surface area contributed by atoms with E-state index in [-0.39, 0.29) is 18.8 Å². The Bertz CT molecular complexity index is 957. The third kappa shape index (κ3) is 4.79. The summed E-state index contributed by atoms with van der Waals surface area (Å²) in [6.07, 6.45) is 6.26. The summed E-state index contributed by atoms with van der Waals surface area (Å²) in [5.74, 6) is -2.59. The van der Waals surface area contributed by atoms with Crippen molar-refractivity contribution >= 4 is 17.6 Å². The Kier molecular flexibility index (Phi) is 5.83. The van der Waals surface area contributed by atoms with Gasteiger partial charge in [0.15, 0.2) is 0 Å². The first-order valence-electron chi connectivity index (χ1n) is 10.7. The van der Waals surface area contributed by atoms with Crippen LogP contribution in [0.2, 0.25) is 0 Å². The second-order valence-corrected chi connectivity index (χ2v) is 8.65. The summed E-state index contributed by atoms with van der Waals surface area (Å²) in [4.78, 5) is 13.4. The van der Waals surface area contributed by atoms with Gasteiger partial charge in [0.25, 0.3) is 0 Å². The first-order chi connectivity index (χ1) is 14.7. The largest absolute Gasteiger partial charge is 0.387 e. The predicted octanol–water partition coefficient (Wildman–Crippen LogP) is 4.15. The van der Waals surface area contributed by atoms with E-state index in [1.807, 2.05) is 13.1 Å². The molecule has 0 radical (unpaired) electrons. The second kappa shape index (κ2) is 8.42. The Morgan fingerprint density at radius 3 is 2.90 bits per heavy atom. The minimum atomic E-state index is -2.58. The highest BCUT2D eigenvalue weighted by Crippen LogP contribution is 2.42. The van der Waals surface area contributed by atoms with E-state index >= 15 is 0 Å². The summed E-state index contributed by atoms with van der Waals surface area (Å²) in [6, 6.07) is 2.14. The maximum atomic E-state index is 13.0. The molecule has 1 aromatic rings. The minimum absolute atomic E-state index is 0.195. The number of hydrogen-bond acceptors (Lipinski definition) is 5. The fourth-order valence-electron chi connectivity index (χ4n) is 4.18. The number of aliphatic imine (C=N–C) groups is 1. The fourth-order valence-corrected chi connectivity index (χ4v) is 4.18. The lowest BCUT2D eigenvalue weighted by molar-refractivity contribution is -0.0912. The maximum Gasteiger partial charge on any atom is 0.249 e. The molecule has 3 heterocycles. The van der Waals surface area contributed by atoms with Gasteiger partial charge < -0.3 is 16.0 Å². The summed E-state index contributed by atoms with van der Waals surface area (Å²) < 4.78 is 26.0. The Hall–Kier alpha value is -2.74. The van der Waals surface area contributed by atoms with Crippen molar-refractivity contribution < 1.29 is 8.78 Å². The number of nitrogens with two attached hydrogens (primary N) is 1. The number of nitrogens with one attached hydrogen (secondary N) is 1. The smallest absolute Gasteiger partial charge is 0.249 e. The van der Waals surface area contributed by atoms with E-state index in [4.69, 9.17) is 5.73 Å². The van der Waals surface area contributed by atoms with Gasteiger partial charge in [0.1, 0.15) is 5.84 Å². The molecule has 2 fully saturated rings. The number of rotatable bonds is 6. The summed E-state index contributed by atoms with van der Waals surface area (Å²) >= 11 is 0. The first kappa shape index (κ1) is 21.5. The van der Waals surface area contributed by atoms with Crippen molar-refractivity contribution in [3.8, 4) is 0 Å². The molecule has 1 saturated heterocycles. The van der Waals surface area contributed by atoms with Gasteiger partial charge in [-0.2, -0.15) is 0 Å². The van der Waals surface area contributed by atoms with Crippen LogP contribution >= 0.6 is 0 Å². The van der Waals surface area contributed by atoms with Gasteiger partial charge in [0, 0.05) is 62.2 Å². The molecule has 2 aliphatic heterocycles. The summed E-state index contributed by atoms with van der Waals surface area (Å²) in [5.41, 5.74) is 12.1. The molecule has 0 amide bonds. The van der Waals surface area contributed by atoms with Crippen LogP contribution in [0.1, 0.15) is 44.4 Å². The van der Waals surface area contributed by atoms with Crippen LogP contribution in [-0.2, 0) is 6.54 Å². The number of anilines is 1. The average Bonchev–Trinajstić information content (AvgIpc) is 3.18. The van der Waals surface area contributed by atoms with E-state index in [0.717, 1.165) is 61.1 Å². The van der Waals surface area contributed by atoms with E-state index in [1.54, 1.807) is 6.20 Å². The fraction of sp³-hybridized carbons (Fsp3) is 0.478. The molecule has 1 saturated carbocycles. The molecular weight excluding hydrogens is 398 g/mol. The first-order valence-corrected chi connectivity index (χ1v) is 10.7. The number of hydrogen-bond donors (Lipinski definition) is 2. The highest BCUT2D eigenvalue weighted by molar-refractivity contribution is 5.84. The number of fused-ring (bicyclic) bond motifs is 1. The number of allylic oxidation sites excluding steroid dienone is 2. The van der Waals surface area contributed by atoms with Crippen molar-refractivity contribution in [3.05, 3.63) is 53.3 Å². The summed E-state index contributed by atoms with van der Waals surface area (Å²) in [5, 5.41) is 3.37. The topological polar surface area (TPSA) is 69.8 Å². The van der Waals surface area contributed by atoms with Gasteiger partial charge in [-0.1, -0.05) is 13.5 Å². The molecule has 31 heavy (non-hydrogen) atoms. The van der Waals surface area contributed by atoms with Crippen molar-refractivity contribution in [2.45, 2.75) is 45.6 Å². The summed E-state index contributed by atoms with van der Waals surface area (Å²) in [6.45, 7) is 11.6. The maximum absolute atomic E-state index is 13.0. The lowest BCUT2D eigenvalue weighted by Gasteiger charge is -2.34. The quantitative estimate of drug-likeness (QED) is 0.526. The van der Waals surface area contributed by atoms with Crippen LogP contribution < -0.4 is 11.1 Å². The zero-order valence-electron chi connectivity index (χ0n) is 18.2. The van der Waals surface area contributed by atoms with Crippen molar-refractivity contribution in [2.75, 3.05) is 25.1 Å². The van der Waals surface area contributed by atoms with Crippen molar-refractivity contribution in [1.82, 2.24) is 14.8 Å². The zero-order valence-corrected chi connectivity index (χ0v) is 18.2. The predicted molar refractivity (Wildman–Crippen MR) is 120 cm³/mol. The number of amidine groups is 1. The van der Waals surface area contributed by atoms with E-state index in [0.29, 0.717) is 5.84 Å². The molecule has 1 aromatic heterocycles. The number of pyridine rings is 1. The molecule has 0 spiro atoms. The molecule has 3 N–H and O–H groups in total. The highest BCUT2D eigenvalue weighted by Gasteiger charge is 2.46. The SMILES string of the molecule is C=C1Nc2cc(CN3CCN(/C(C)=C/N=C(N)C4CC(F)(F)C4)C3)cnc2C=C1CC. The number of halogens is 2. The molecule has 0 atom stereocenters. The van der Waals surface area contributed by atoms with Crippen LogP contribution in [0.4, 0.5) is 14.5 Å². The molecule has 8 heteroatoms. The minimum Gasteiger partial charge on any atom is -0.387 e. The Morgan fingerprint density at radius 2 is 2.19 bits per heavy atom. The third-order valence-corrected chi connectivity index (χ3v) is 6.21. The monoisotopic (exact) mass is 428 g/mol. The summed E-state index contributed by atoms with van der Waals surface area (Å²) in [7, 11) is 0. The van der Waals surface area contributed by atoms with Crippen LogP contribution in [0.25, 0.3) is 6.08 Å². The Morgan fingerprint density at radius 1 is 1.42 bits per heavy atom. The zero-order chi connectivity index (χ0) is 22.2. The van der Waals surface area contributed by atoms with Crippen molar-refractivity contribution in [3.63, 3.8) is 0 Å². The van der Waals surface area contributed by atoms with Crippen molar-refractivity contribution in [2.24, 2.45) is 16.6 Å². The Balaban J connectivity index is 1.34. The lowest BCUT2D eigenvalue weighted by Crippen LogP contribution is -2.42. The van der Waals surface area contributed by atoms with Crippen LogP contribution in [0, 0.1) is 5.92 Å². The molecule has 0 bridgehead atoms. The van der Waals surface area contributed by atoms with E-state index < -0.39 is 5.92 Å². The molecule has 0 aromatic carbocycles. The van der Waals surface area contributed by atoms with Gasteiger partial charge >= 0.3 is 0 Å². The van der Waals surface area contributed by atoms with Gasteiger partial charge in [0.2, 0.25) is 5.92 Å². The van der Waals surface area contributed by atoms with Gasteiger partial charge in [-0.25, -0.2) is 13.8 Å². The second-order valence-electron chi connectivity index (χ2n) is 8.65.